The van der Waals surface area contributed by atoms with Crippen LogP contribution >= 0.6 is 27.5 Å². The maximum atomic E-state index is 5.59. The molecule has 0 aliphatic rings. The van der Waals surface area contributed by atoms with E-state index in [9.17, 15) is 0 Å². The van der Waals surface area contributed by atoms with Crippen LogP contribution in [0.4, 0.5) is 0 Å². The van der Waals surface area contributed by atoms with Crippen LogP contribution in [0.15, 0.2) is 16.6 Å². The van der Waals surface area contributed by atoms with Gasteiger partial charge in [0.25, 0.3) is 0 Å². The smallest absolute Gasteiger partial charge is 0.214 e. The van der Waals surface area contributed by atoms with E-state index in [1.807, 2.05) is 6.07 Å². The molecule has 0 unspecified atom stereocenters. The second-order valence-corrected chi connectivity index (χ2v) is 3.14. The van der Waals surface area contributed by atoms with E-state index in [2.05, 4.69) is 20.9 Å². The molecule has 1 rings (SSSR count). The molecule has 0 saturated heterocycles. The van der Waals surface area contributed by atoms with Gasteiger partial charge < -0.3 is 4.74 Å². The van der Waals surface area contributed by atoms with E-state index in [0.29, 0.717) is 11.8 Å². The Morgan fingerprint density at radius 3 is 2.91 bits per heavy atom. The van der Waals surface area contributed by atoms with Gasteiger partial charge in [-0.05, 0) is 6.07 Å². The molecule has 4 heteroatoms. The van der Waals surface area contributed by atoms with Crippen molar-refractivity contribution in [3.63, 3.8) is 0 Å². The number of hydrogen-bond acceptors (Lipinski definition) is 2. The van der Waals surface area contributed by atoms with Crippen LogP contribution in [0.5, 0.6) is 5.88 Å². The highest BCUT2D eigenvalue weighted by Gasteiger charge is 1.98. The van der Waals surface area contributed by atoms with Gasteiger partial charge in [0, 0.05) is 10.5 Å². The topological polar surface area (TPSA) is 22.1 Å². The van der Waals surface area contributed by atoms with Crippen LogP contribution in [0.1, 0.15) is 5.69 Å². The van der Waals surface area contributed by atoms with Crippen molar-refractivity contribution in [2.75, 3.05) is 7.11 Å². The normalized spacial score (nSPS) is 9.73. The number of hydrogen-bond donors (Lipinski definition) is 0. The molecule has 11 heavy (non-hydrogen) atoms. The molecule has 0 aliphatic heterocycles. The molecule has 0 spiro atoms. The molecule has 0 saturated carbocycles. The molecule has 1 heterocycles. The second kappa shape index (κ2) is 3.93. The first-order chi connectivity index (χ1) is 5.26. The molecule has 60 valence electrons. The van der Waals surface area contributed by atoms with E-state index in [1.54, 1.807) is 13.2 Å². The Kier molecular flexibility index (Phi) is 3.15. The van der Waals surface area contributed by atoms with Crippen LogP contribution < -0.4 is 4.74 Å². The van der Waals surface area contributed by atoms with Gasteiger partial charge in [-0.25, -0.2) is 4.98 Å². The number of halogens is 2. The van der Waals surface area contributed by atoms with Crippen LogP contribution in [0.2, 0.25) is 0 Å². The summed E-state index contributed by atoms with van der Waals surface area (Å²) in [6.07, 6.45) is 0. The number of rotatable bonds is 2. The highest BCUT2D eigenvalue weighted by molar-refractivity contribution is 9.10. The van der Waals surface area contributed by atoms with Gasteiger partial charge >= 0.3 is 0 Å². The average molecular weight is 236 g/mol. The Balaban J connectivity index is 3.02. The molecule has 0 fully saturated rings. The Hall–Kier alpha value is -0.280. The van der Waals surface area contributed by atoms with Crippen LogP contribution in [0.3, 0.4) is 0 Å². The molecule has 1 aromatic heterocycles. The molecular formula is C7H7BrClNO. The molecule has 0 radical (unpaired) electrons. The van der Waals surface area contributed by atoms with Crippen molar-refractivity contribution in [1.29, 1.82) is 0 Å². The first kappa shape index (κ1) is 8.81. The molecule has 1 aromatic rings. The largest absolute Gasteiger partial charge is 0.481 e. The number of alkyl halides is 1. The summed E-state index contributed by atoms with van der Waals surface area (Å²) >= 11 is 8.90. The van der Waals surface area contributed by atoms with Crippen molar-refractivity contribution < 1.29 is 4.74 Å². The Labute approximate surface area is 78.7 Å². The molecular weight excluding hydrogens is 229 g/mol. The van der Waals surface area contributed by atoms with E-state index >= 15 is 0 Å². The molecule has 0 aromatic carbocycles. The first-order valence-corrected chi connectivity index (χ1v) is 4.35. The maximum Gasteiger partial charge on any atom is 0.214 e. The standard InChI is InChI=1S/C7H7BrClNO/c1-11-7-3-5(8)2-6(4-9)10-7/h2-3H,4H2,1H3. The zero-order valence-electron chi connectivity index (χ0n) is 5.97. The van der Waals surface area contributed by atoms with Gasteiger partial charge in [-0.2, -0.15) is 0 Å². The molecule has 2 nitrogen and oxygen atoms in total. The molecule has 0 atom stereocenters. The number of aromatic nitrogens is 1. The minimum absolute atomic E-state index is 0.399. The van der Waals surface area contributed by atoms with Crippen molar-refractivity contribution in [2.45, 2.75) is 5.88 Å². The fourth-order valence-electron chi connectivity index (χ4n) is 0.698. The highest BCUT2D eigenvalue weighted by Crippen LogP contribution is 2.18. The fourth-order valence-corrected chi connectivity index (χ4v) is 1.29. The second-order valence-electron chi connectivity index (χ2n) is 1.95. The number of nitrogens with zero attached hydrogens (tertiary/aromatic N) is 1. The summed E-state index contributed by atoms with van der Waals surface area (Å²) < 4.78 is 5.87. The fraction of sp³-hybridized carbons (Fsp3) is 0.286. The minimum atomic E-state index is 0.399. The SMILES string of the molecule is COc1cc(Br)cc(CCl)n1. The van der Waals surface area contributed by atoms with E-state index < -0.39 is 0 Å². The van der Waals surface area contributed by atoms with Crippen molar-refractivity contribution >= 4 is 27.5 Å². The zero-order valence-corrected chi connectivity index (χ0v) is 8.32. The summed E-state index contributed by atoms with van der Waals surface area (Å²) in [5.41, 5.74) is 0.804. The van der Waals surface area contributed by atoms with Gasteiger partial charge in [0.05, 0.1) is 18.7 Å². The maximum absolute atomic E-state index is 5.59. The lowest BCUT2D eigenvalue weighted by atomic mass is 10.4. The highest BCUT2D eigenvalue weighted by atomic mass is 79.9. The molecule has 0 amide bonds. The summed E-state index contributed by atoms with van der Waals surface area (Å²) in [4.78, 5) is 4.09. The molecule has 0 N–H and O–H groups in total. The predicted molar refractivity (Wildman–Crippen MR) is 48.0 cm³/mol. The van der Waals surface area contributed by atoms with Gasteiger partial charge in [-0.1, -0.05) is 15.9 Å². The van der Waals surface area contributed by atoms with Gasteiger partial charge in [0.15, 0.2) is 0 Å². The Morgan fingerprint density at radius 1 is 1.64 bits per heavy atom. The summed E-state index contributed by atoms with van der Waals surface area (Å²) in [6.45, 7) is 0. The van der Waals surface area contributed by atoms with Gasteiger partial charge in [0.2, 0.25) is 5.88 Å². The summed E-state index contributed by atoms with van der Waals surface area (Å²) in [5, 5.41) is 0. The van der Waals surface area contributed by atoms with Gasteiger partial charge in [-0.3, -0.25) is 0 Å². The van der Waals surface area contributed by atoms with Crippen LogP contribution in [-0.4, -0.2) is 12.1 Å². The summed E-state index contributed by atoms with van der Waals surface area (Å²) in [6, 6.07) is 3.64. The average Bonchev–Trinajstić information content (AvgIpc) is 2.03. The van der Waals surface area contributed by atoms with Crippen LogP contribution in [0, 0.1) is 0 Å². The summed E-state index contributed by atoms with van der Waals surface area (Å²) in [5.74, 6) is 0.977. The third-order valence-electron chi connectivity index (χ3n) is 1.17. The van der Waals surface area contributed by atoms with E-state index in [0.717, 1.165) is 10.2 Å². The van der Waals surface area contributed by atoms with Gasteiger partial charge in [0.1, 0.15) is 0 Å². The monoisotopic (exact) mass is 235 g/mol. The number of pyridine rings is 1. The third kappa shape index (κ3) is 2.34. The van der Waals surface area contributed by atoms with Crippen molar-refractivity contribution in [1.82, 2.24) is 4.98 Å². The molecule has 0 aliphatic carbocycles. The van der Waals surface area contributed by atoms with Gasteiger partial charge in [-0.15, -0.1) is 11.6 Å². The van der Waals surface area contributed by atoms with E-state index in [-0.39, 0.29) is 0 Å². The quantitative estimate of drug-likeness (QED) is 0.737. The Morgan fingerprint density at radius 2 is 2.36 bits per heavy atom. The van der Waals surface area contributed by atoms with E-state index in [1.165, 1.54) is 0 Å². The molecule has 0 bridgehead atoms. The number of ether oxygens (including phenoxy) is 1. The lowest BCUT2D eigenvalue weighted by Crippen LogP contribution is -1.91. The van der Waals surface area contributed by atoms with Crippen molar-refractivity contribution in [3.05, 3.63) is 22.3 Å². The van der Waals surface area contributed by atoms with Crippen LogP contribution in [-0.2, 0) is 5.88 Å². The lowest BCUT2D eigenvalue weighted by Gasteiger charge is -2.01. The van der Waals surface area contributed by atoms with Crippen molar-refractivity contribution in [2.24, 2.45) is 0 Å². The summed E-state index contributed by atoms with van der Waals surface area (Å²) in [7, 11) is 1.58. The van der Waals surface area contributed by atoms with Crippen LogP contribution in [0.25, 0.3) is 0 Å². The zero-order chi connectivity index (χ0) is 8.27. The Bertz CT molecular complexity index is 232. The number of methoxy groups -OCH3 is 1. The predicted octanol–water partition coefficient (Wildman–Crippen LogP) is 2.59. The van der Waals surface area contributed by atoms with Crippen molar-refractivity contribution in [3.8, 4) is 5.88 Å². The third-order valence-corrected chi connectivity index (χ3v) is 1.90. The minimum Gasteiger partial charge on any atom is -0.481 e. The lowest BCUT2D eigenvalue weighted by molar-refractivity contribution is 0.396. The van der Waals surface area contributed by atoms with E-state index in [4.69, 9.17) is 16.3 Å². The first-order valence-electron chi connectivity index (χ1n) is 3.02.